The lowest BCUT2D eigenvalue weighted by molar-refractivity contribution is -0.147. The van der Waals surface area contributed by atoms with Crippen molar-refractivity contribution in [2.75, 3.05) is 26.2 Å². The van der Waals surface area contributed by atoms with Crippen molar-refractivity contribution in [2.24, 2.45) is 5.92 Å². The van der Waals surface area contributed by atoms with Crippen LogP contribution in [0.3, 0.4) is 0 Å². The number of benzene rings is 4. The number of aromatic hydroxyl groups is 1. The van der Waals surface area contributed by atoms with Crippen LogP contribution in [0, 0.1) is 5.92 Å². The molecule has 11 N–H and O–H groups in total. The van der Waals surface area contributed by atoms with Crippen LogP contribution < -0.4 is 31.3 Å². The van der Waals surface area contributed by atoms with E-state index in [0.717, 1.165) is 57.1 Å². The molecule has 430 valence electrons. The second kappa shape index (κ2) is 27.6. The van der Waals surface area contributed by atoms with E-state index in [0.29, 0.717) is 12.2 Å². The molecule has 0 spiro atoms. The van der Waals surface area contributed by atoms with Gasteiger partial charge in [0, 0.05) is 44.0 Å². The first kappa shape index (κ1) is 60.2. The summed E-state index contributed by atoms with van der Waals surface area (Å²) < 4.78 is 5.86. The zero-order valence-corrected chi connectivity index (χ0v) is 45.5. The zero-order chi connectivity index (χ0) is 57.8. The van der Waals surface area contributed by atoms with E-state index in [2.05, 4.69) is 33.5 Å². The summed E-state index contributed by atoms with van der Waals surface area (Å²) in [6.07, 6.45) is -4.72. The number of aliphatic hydroxyl groups excluding tert-OH is 5. The molecule has 21 nitrogen and oxygen atoms in total. The average molecular weight is 1110 g/mol. The Morgan fingerprint density at radius 1 is 0.675 bits per heavy atom. The lowest BCUT2D eigenvalue weighted by atomic mass is 9.99. The average Bonchev–Trinajstić information content (AvgIpc) is 3.99. The monoisotopic (exact) mass is 1110 g/mol. The fourth-order valence-electron chi connectivity index (χ4n) is 10.3. The van der Waals surface area contributed by atoms with Crippen LogP contribution in [-0.2, 0) is 35.2 Å². The van der Waals surface area contributed by atoms with Crippen molar-refractivity contribution in [1.29, 1.82) is 0 Å². The summed E-state index contributed by atoms with van der Waals surface area (Å²) in [5.41, 5.74) is 4.33. The van der Waals surface area contributed by atoms with Crippen molar-refractivity contribution in [2.45, 2.75) is 146 Å². The minimum absolute atomic E-state index is 0.0199. The Labute approximate surface area is 465 Å². The van der Waals surface area contributed by atoms with Crippen LogP contribution in [0.5, 0.6) is 11.5 Å². The van der Waals surface area contributed by atoms with Gasteiger partial charge >= 0.3 is 0 Å². The number of rotatable bonds is 14. The molecule has 21 heteroatoms. The van der Waals surface area contributed by atoms with Gasteiger partial charge in [-0.3, -0.25) is 33.6 Å². The van der Waals surface area contributed by atoms with Crippen molar-refractivity contribution in [1.82, 2.24) is 36.4 Å². The predicted octanol–water partition coefficient (Wildman–Crippen LogP) is 1.68. The number of phenols is 1. The molecule has 4 aromatic carbocycles. The zero-order valence-electron chi connectivity index (χ0n) is 45.5. The van der Waals surface area contributed by atoms with E-state index in [1.165, 1.54) is 38.1 Å². The molecule has 0 bridgehead atoms. The van der Waals surface area contributed by atoms with Crippen LogP contribution in [0.4, 0.5) is 0 Å². The highest BCUT2D eigenvalue weighted by atomic mass is 16.5. The molecular formula is C59H75N7O14. The molecule has 7 amide bonds. The third kappa shape index (κ3) is 15.1. The Morgan fingerprint density at radius 2 is 1.23 bits per heavy atom. The Kier molecular flexibility index (Phi) is 20.8. The summed E-state index contributed by atoms with van der Waals surface area (Å²) >= 11 is 0. The largest absolute Gasteiger partial charge is 0.508 e. The second-order valence-electron chi connectivity index (χ2n) is 21.2. The lowest BCUT2D eigenvalue weighted by Crippen LogP contribution is -2.64. The normalized spacial score (nSPS) is 25.8. The number of amides is 7. The van der Waals surface area contributed by atoms with Gasteiger partial charge in [0.1, 0.15) is 47.8 Å². The van der Waals surface area contributed by atoms with E-state index in [1.54, 1.807) is 31.2 Å². The Morgan fingerprint density at radius 3 is 1.81 bits per heavy atom. The first-order valence-corrected chi connectivity index (χ1v) is 27.5. The number of carbonyl (C=O) groups is 7. The fourth-order valence-corrected chi connectivity index (χ4v) is 10.3. The number of carbonyl (C=O) groups excluding carboxylic acids is 7. The van der Waals surface area contributed by atoms with Gasteiger partial charge in [0.15, 0.2) is 0 Å². The maximum Gasteiger partial charge on any atom is 0.251 e. The lowest BCUT2D eigenvalue weighted by Gasteiger charge is -2.33. The second-order valence-corrected chi connectivity index (χ2v) is 21.2. The number of ether oxygens (including phenoxy) is 1. The van der Waals surface area contributed by atoms with Gasteiger partial charge in [0.25, 0.3) is 5.91 Å². The van der Waals surface area contributed by atoms with Gasteiger partial charge in [-0.15, -0.1) is 0 Å². The van der Waals surface area contributed by atoms with Gasteiger partial charge in [-0.1, -0.05) is 87.4 Å². The summed E-state index contributed by atoms with van der Waals surface area (Å²) in [6.45, 7) is 6.24. The van der Waals surface area contributed by atoms with Gasteiger partial charge in [-0.05, 0) is 104 Å². The van der Waals surface area contributed by atoms with Crippen LogP contribution in [0.25, 0.3) is 22.3 Å². The first-order chi connectivity index (χ1) is 38.2. The topological polar surface area (TPSA) is 317 Å². The predicted molar refractivity (Wildman–Crippen MR) is 294 cm³/mol. The van der Waals surface area contributed by atoms with E-state index in [9.17, 15) is 64.2 Å². The number of aliphatic hydroxyl groups is 5. The smallest absolute Gasteiger partial charge is 0.251 e. The molecule has 4 aromatic rings. The van der Waals surface area contributed by atoms with Gasteiger partial charge in [0.2, 0.25) is 35.4 Å². The number of hydrogen-bond donors (Lipinski definition) is 11. The molecule has 3 saturated heterocycles. The van der Waals surface area contributed by atoms with Crippen LogP contribution in [0.1, 0.15) is 88.6 Å². The SMILES string of the molecule is CCCCCOc1ccc(-c2ccc(-c3ccc(C(=O)NC4CCCCNC(=O)[C@@H]5[C@@H](O)[C@@H](C)CN5C(=O)[C@H](C(C)O)NC(=O)[C@H]([C@H](O)Cc5ccc(O)cc5)NC(=O)[C@@H]5C[C@@H](O)CN5C(=O)[C@H](C(C)O)NC4=O)cc3)cc2)cc1. The molecule has 0 aliphatic carbocycles. The number of unbranched alkanes of at least 4 members (excludes halogenated alkanes) is 2. The van der Waals surface area contributed by atoms with Crippen molar-refractivity contribution in [3.63, 3.8) is 0 Å². The molecule has 80 heavy (non-hydrogen) atoms. The molecular weight excluding hydrogens is 1030 g/mol. The summed E-state index contributed by atoms with van der Waals surface area (Å²) in [5, 5.41) is 78.6. The number of nitrogens with zero attached hydrogens (tertiary/aromatic N) is 2. The van der Waals surface area contributed by atoms with E-state index in [-0.39, 0.29) is 56.5 Å². The highest BCUT2D eigenvalue weighted by Crippen LogP contribution is 2.29. The van der Waals surface area contributed by atoms with Gasteiger partial charge in [-0.25, -0.2) is 0 Å². The van der Waals surface area contributed by atoms with Crippen molar-refractivity contribution < 1.29 is 68.9 Å². The summed E-state index contributed by atoms with van der Waals surface area (Å²) in [6, 6.07) is 18.4. The van der Waals surface area contributed by atoms with Gasteiger partial charge in [0.05, 0.1) is 37.1 Å². The third-order valence-electron chi connectivity index (χ3n) is 15.0. The highest BCUT2D eigenvalue weighted by Gasteiger charge is 2.49. The summed E-state index contributed by atoms with van der Waals surface area (Å²) in [4.78, 5) is 102. The molecule has 3 aliphatic heterocycles. The number of nitrogens with one attached hydrogen (secondary N) is 5. The van der Waals surface area contributed by atoms with Gasteiger partial charge in [-0.2, -0.15) is 0 Å². The minimum atomic E-state index is -1.91. The molecule has 0 aromatic heterocycles. The molecule has 3 heterocycles. The van der Waals surface area contributed by atoms with Crippen LogP contribution in [-0.4, -0.2) is 175 Å². The fraction of sp³-hybridized carbons (Fsp3) is 0.475. The first-order valence-electron chi connectivity index (χ1n) is 27.5. The molecule has 7 rings (SSSR count). The maximum atomic E-state index is 14.5. The number of hydrogen-bond acceptors (Lipinski definition) is 14. The Hall–Kier alpha value is -7.43. The van der Waals surface area contributed by atoms with Gasteiger partial charge < -0.3 is 71.8 Å². The molecule has 3 unspecified atom stereocenters. The van der Waals surface area contributed by atoms with E-state index in [4.69, 9.17) is 4.74 Å². The molecule has 12 atom stereocenters. The van der Waals surface area contributed by atoms with Crippen LogP contribution in [0.15, 0.2) is 97.1 Å². The molecule has 3 fully saturated rings. The third-order valence-corrected chi connectivity index (χ3v) is 15.0. The molecule has 3 aliphatic rings. The Balaban J connectivity index is 1.13. The van der Waals surface area contributed by atoms with Crippen LogP contribution >= 0.6 is 0 Å². The molecule has 0 saturated carbocycles. The maximum absolute atomic E-state index is 14.5. The van der Waals surface area contributed by atoms with E-state index >= 15 is 0 Å². The van der Waals surface area contributed by atoms with Crippen molar-refractivity contribution >= 4 is 41.4 Å². The van der Waals surface area contributed by atoms with E-state index < -0.39 is 121 Å². The van der Waals surface area contributed by atoms with Crippen molar-refractivity contribution in [3.05, 3.63) is 108 Å². The summed E-state index contributed by atoms with van der Waals surface area (Å²) in [5.74, 6) is -6.35. The standard InChI is InChI=1S/C59H75N7O14/c1-5-6-9-28-80-44-25-21-40(22-26-44)38-15-13-37(14-16-38)39-17-19-41(20-18-39)53(73)61-45-10-7-8-27-60-57(77)51-52(72)33(2)31-66(51)59(79)49(35(4)68)63-56(76)50(47(71)29-36-11-23-42(69)24-12-36)64-55(75)46-30-43(70)32-65(46)58(78)48(34(3)67)62-54(45)74/h11-26,33-35,43,45-52,67-72H,5-10,27-32H2,1-4H3,(H,60,77)(H,61,73)(H,62,74)(H,63,76)(H,64,75)/t33-,34?,35?,43+,45?,46-,47+,48-,49-,50-,51-,52-/m0/s1. The Bertz CT molecular complexity index is 2780. The highest BCUT2D eigenvalue weighted by molar-refractivity contribution is 6.00. The number of phenolic OH excluding ortho intramolecular Hbond substituents is 1. The number of fused-ring (bicyclic) bond motifs is 2. The molecule has 0 radical (unpaired) electrons. The quantitative estimate of drug-likeness (QED) is 0.0802. The van der Waals surface area contributed by atoms with Crippen LogP contribution in [0.2, 0.25) is 0 Å². The minimum Gasteiger partial charge on any atom is -0.508 e. The summed E-state index contributed by atoms with van der Waals surface area (Å²) in [7, 11) is 0. The van der Waals surface area contributed by atoms with Crippen molar-refractivity contribution in [3.8, 4) is 33.8 Å². The van der Waals surface area contributed by atoms with E-state index in [1.807, 2.05) is 48.5 Å².